The number of carbonyl (C=O) groups is 1. The lowest BCUT2D eigenvalue weighted by Crippen LogP contribution is -2.28. The molecule has 0 bridgehead atoms. The summed E-state index contributed by atoms with van der Waals surface area (Å²) in [6.45, 7) is 6.00. The molecule has 1 saturated heterocycles. The fourth-order valence-corrected chi connectivity index (χ4v) is 3.34. The standard InChI is InChI=1S/C19H24N4O3/c1-4-22(5-2)19-20-14(11-17(24)21-19)13-10-18(25)23(12-13)15-8-6-7-9-16(15)26-3/h6-9,11,13H,4-5,10,12H2,1-3H3,(H,20,21,24)/t13-/m1/s1. The molecule has 0 spiro atoms. The number of hydrogen-bond acceptors (Lipinski definition) is 5. The molecule has 1 fully saturated rings. The maximum atomic E-state index is 12.6. The highest BCUT2D eigenvalue weighted by molar-refractivity contribution is 5.97. The van der Waals surface area contributed by atoms with Crippen LogP contribution in [-0.4, -0.2) is 42.6 Å². The molecular weight excluding hydrogens is 332 g/mol. The van der Waals surface area contributed by atoms with Crippen molar-refractivity contribution < 1.29 is 9.53 Å². The third-order valence-electron chi connectivity index (χ3n) is 4.73. The second-order valence-electron chi connectivity index (χ2n) is 6.24. The first-order valence-corrected chi connectivity index (χ1v) is 8.86. The molecule has 7 heteroatoms. The number of carbonyl (C=O) groups excluding carboxylic acids is 1. The summed E-state index contributed by atoms with van der Waals surface area (Å²) in [6, 6.07) is 8.94. The fourth-order valence-electron chi connectivity index (χ4n) is 3.34. The average Bonchev–Trinajstić information content (AvgIpc) is 3.04. The Morgan fingerprint density at radius 2 is 2.00 bits per heavy atom. The Bertz CT molecular complexity index is 845. The van der Waals surface area contributed by atoms with E-state index in [1.54, 1.807) is 12.0 Å². The van der Waals surface area contributed by atoms with Gasteiger partial charge in [-0.1, -0.05) is 12.1 Å². The molecule has 1 aliphatic heterocycles. The van der Waals surface area contributed by atoms with Crippen LogP contribution in [0.4, 0.5) is 11.6 Å². The van der Waals surface area contributed by atoms with Crippen LogP contribution in [-0.2, 0) is 4.79 Å². The normalized spacial score (nSPS) is 16.8. The van der Waals surface area contributed by atoms with Crippen LogP contribution in [0.5, 0.6) is 5.75 Å². The minimum Gasteiger partial charge on any atom is -0.495 e. The van der Waals surface area contributed by atoms with E-state index < -0.39 is 0 Å². The Kier molecular flexibility index (Phi) is 5.25. The smallest absolute Gasteiger partial charge is 0.252 e. The van der Waals surface area contributed by atoms with Crippen LogP contribution >= 0.6 is 0 Å². The van der Waals surface area contributed by atoms with Crippen LogP contribution in [0.15, 0.2) is 35.1 Å². The Balaban J connectivity index is 1.90. The largest absolute Gasteiger partial charge is 0.495 e. The molecule has 1 aromatic heterocycles. The van der Waals surface area contributed by atoms with Gasteiger partial charge in [-0.15, -0.1) is 0 Å². The highest BCUT2D eigenvalue weighted by atomic mass is 16.5. The second-order valence-corrected chi connectivity index (χ2v) is 6.24. The Hall–Kier alpha value is -2.83. The van der Waals surface area contributed by atoms with Gasteiger partial charge in [-0.2, -0.15) is 0 Å². The third-order valence-corrected chi connectivity index (χ3v) is 4.73. The van der Waals surface area contributed by atoms with Crippen molar-refractivity contribution in [3.63, 3.8) is 0 Å². The number of nitrogens with zero attached hydrogens (tertiary/aromatic N) is 3. The van der Waals surface area contributed by atoms with Crippen molar-refractivity contribution in [2.75, 3.05) is 36.5 Å². The van der Waals surface area contributed by atoms with E-state index >= 15 is 0 Å². The number of para-hydroxylation sites is 2. The van der Waals surface area contributed by atoms with E-state index in [0.29, 0.717) is 30.4 Å². The monoisotopic (exact) mass is 356 g/mol. The Morgan fingerprint density at radius 3 is 2.69 bits per heavy atom. The number of benzene rings is 1. The predicted octanol–water partition coefficient (Wildman–Crippen LogP) is 2.15. The number of ether oxygens (including phenoxy) is 1. The van der Waals surface area contributed by atoms with E-state index in [-0.39, 0.29) is 17.4 Å². The number of aromatic amines is 1. The van der Waals surface area contributed by atoms with E-state index in [2.05, 4.69) is 9.97 Å². The number of methoxy groups -OCH3 is 1. The van der Waals surface area contributed by atoms with Gasteiger partial charge in [0.05, 0.1) is 18.5 Å². The molecule has 3 rings (SSSR count). The molecule has 0 unspecified atom stereocenters. The lowest BCUT2D eigenvalue weighted by molar-refractivity contribution is -0.117. The summed E-state index contributed by atoms with van der Waals surface area (Å²) in [5.41, 5.74) is 1.21. The maximum absolute atomic E-state index is 12.6. The van der Waals surface area contributed by atoms with Gasteiger partial charge in [0.25, 0.3) is 5.56 Å². The molecule has 0 saturated carbocycles. The molecule has 1 aromatic carbocycles. The molecule has 0 radical (unpaired) electrons. The molecule has 1 N–H and O–H groups in total. The lowest BCUT2D eigenvalue weighted by Gasteiger charge is -2.21. The molecule has 1 atom stereocenters. The molecule has 2 aromatic rings. The Morgan fingerprint density at radius 1 is 1.27 bits per heavy atom. The van der Waals surface area contributed by atoms with Crippen LogP contribution < -0.4 is 20.1 Å². The molecule has 0 aliphatic carbocycles. The molecule has 1 amide bonds. The zero-order valence-corrected chi connectivity index (χ0v) is 15.4. The average molecular weight is 356 g/mol. The number of nitrogens with one attached hydrogen (secondary N) is 1. The minimum absolute atomic E-state index is 0.00553. The summed E-state index contributed by atoms with van der Waals surface area (Å²) in [7, 11) is 1.59. The molecule has 2 heterocycles. The maximum Gasteiger partial charge on any atom is 0.252 e. The van der Waals surface area contributed by atoms with Gasteiger partial charge < -0.3 is 14.5 Å². The van der Waals surface area contributed by atoms with Gasteiger partial charge in [-0.3, -0.25) is 14.6 Å². The first-order valence-electron chi connectivity index (χ1n) is 8.86. The summed E-state index contributed by atoms with van der Waals surface area (Å²) >= 11 is 0. The Labute approximate surface area is 152 Å². The number of anilines is 2. The van der Waals surface area contributed by atoms with Gasteiger partial charge in [0, 0.05) is 38.0 Å². The van der Waals surface area contributed by atoms with Crippen molar-refractivity contribution in [2.45, 2.75) is 26.2 Å². The zero-order valence-electron chi connectivity index (χ0n) is 15.4. The first kappa shape index (κ1) is 18.0. The number of H-pyrrole nitrogens is 1. The highest BCUT2D eigenvalue weighted by Crippen LogP contribution is 2.35. The summed E-state index contributed by atoms with van der Waals surface area (Å²) in [5.74, 6) is 1.10. The highest BCUT2D eigenvalue weighted by Gasteiger charge is 2.34. The predicted molar refractivity (Wildman–Crippen MR) is 101 cm³/mol. The zero-order chi connectivity index (χ0) is 18.7. The van der Waals surface area contributed by atoms with Gasteiger partial charge in [0.1, 0.15) is 5.75 Å². The van der Waals surface area contributed by atoms with Gasteiger partial charge in [0.15, 0.2) is 0 Å². The van der Waals surface area contributed by atoms with Gasteiger partial charge in [-0.25, -0.2) is 4.98 Å². The van der Waals surface area contributed by atoms with Crippen LogP contribution in [0.2, 0.25) is 0 Å². The molecule has 1 aliphatic rings. The topological polar surface area (TPSA) is 78.5 Å². The van der Waals surface area contributed by atoms with E-state index in [1.807, 2.05) is 43.0 Å². The summed E-state index contributed by atoms with van der Waals surface area (Å²) < 4.78 is 5.37. The van der Waals surface area contributed by atoms with Gasteiger partial charge in [0.2, 0.25) is 11.9 Å². The quantitative estimate of drug-likeness (QED) is 0.858. The van der Waals surface area contributed by atoms with E-state index in [4.69, 9.17) is 4.74 Å². The van der Waals surface area contributed by atoms with Gasteiger partial charge in [-0.05, 0) is 26.0 Å². The molecule has 7 nitrogen and oxygen atoms in total. The molecule has 26 heavy (non-hydrogen) atoms. The molecule has 138 valence electrons. The summed E-state index contributed by atoms with van der Waals surface area (Å²) in [5, 5.41) is 0. The van der Waals surface area contributed by atoms with Crippen LogP contribution in [0.3, 0.4) is 0 Å². The number of rotatable bonds is 6. The van der Waals surface area contributed by atoms with Gasteiger partial charge >= 0.3 is 0 Å². The van der Waals surface area contributed by atoms with Crippen molar-refractivity contribution in [3.05, 3.63) is 46.4 Å². The SMILES string of the molecule is CCN(CC)c1nc([C@@H]2CC(=O)N(c3ccccc3OC)C2)cc(=O)[nH]1. The second kappa shape index (κ2) is 7.59. The fraction of sp³-hybridized carbons (Fsp3) is 0.421. The molecular formula is C19H24N4O3. The van der Waals surface area contributed by atoms with Crippen molar-refractivity contribution >= 4 is 17.5 Å². The number of hydrogen-bond donors (Lipinski definition) is 1. The lowest BCUT2D eigenvalue weighted by atomic mass is 10.0. The minimum atomic E-state index is -0.194. The number of aromatic nitrogens is 2. The van der Waals surface area contributed by atoms with Crippen LogP contribution in [0.1, 0.15) is 31.9 Å². The van der Waals surface area contributed by atoms with Crippen LogP contribution in [0.25, 0.3) is 0 Å². The van der Waals surface area contributed by atoms with Crippen molar-refractivity contribution in [1.82, 2.24) is 9.97 Å². The number of amides is 1. The van der Waals surface area contributed by atoms with Crippen molar-refractivity contribution in [3.8, 4) is 5.75 Å². The van der Waals surface area contributed by atoms with Crippen molar-refractivity contribution in [2.24, 2.45) is 0 Å². The van der Waals surface area contributed by atoms with Crippen LogP contribution in [0, 0.1) is 0 Å². The summed E-state index contributed by atoms with van der Waals surface area (Å²) in [4.78, 5) is 35.8. The summed E-state index contributed by atoms with van der Waals surface area (Å²) in [6.07, 6.45) is 0.326. The van der Waals surface area contributed by atoms with E-state index in [9.17, 15) is 9.59 Å². The van der Waals surface area contributed by atoms with Crippen molar-refractivity contribution in [1.29, 1.82) is 0 Å². The third kappa shape index (κ3) is 3.42. The van der Waals surface area contributed by atoms with E-state index in [0.717, 1.165) is 18.8 Å². The first-order chi connectivity index (χ1) is 12.6. The van der Waals surface area contributed by atoms with E-state index in [1.165, 1.54) is 6.07 Å².